The maximum absolute atomic E-state index is 5.46. The first-order valence-electron chi connectivity index (χ1n) is 11.6. The van der Waals surface area contributed by atoms with E-state index in [9.17, 15) is 0 Å². The van der Waals surface area contributed by atoms with E-state index in [-0.39, 0.29) is 0 Å². The summed E-state index contributed by atoms with van der Waals surface area (Å²) in [4.78, 5) is 11.6. The van der Waals surface area contributed by atoms with Gasteiger partial charge in [0, 0.05) is 50.1 Å². The zero-order valence-electron chi connectivity index (χ0n) is 18.1. The number of nitrogens with zero attached hydrogens (tertiary/aromatic N) is 5. The van der Waals surface area contributed by atoms with Crippen molar-refractivity contribution in [1.82, 2.24) is 24.6 Å². The van der Waals surface area contributed by atoms with E-state index < -0.39 is 0 Å². The maximum atomic E-state index is 5.46. The van der Waals surface area contributed by atoms with Gasteiger partial charge in [-0.1, -0.05) is 37.1 Å². The van der Waals surface area contributed by atoms with Gasteiger partial charge in [0.25, 0.3) is 0 Å². The Bertz CT molecular complexity index is 957. The average Bonchev–Trinajstić information content (AvgIpc) is 3.50. The Balaban J connectivity index is 1.35. The number of pyridine rings is 1. The molecule has 0 amide bonds. The lowest BCUT2D eigenvalue weighted by Gasteiger charge is -2.26. The van der Waals surface area contributed by atoms with Crippen LogP contribution >= 0.6 is 0 Å². The number of ether oxygens (including phenoxy) is 1. The first-order chi connectivity index (χ1) is 15.3. The third-order valence-electron chi connectivity index (χ3n) is 6.49. The first-order valence-corrected chi connectivity index (χ1v) is 11.6. The van der Waals surface area contributed by atoms with Gasteiger partial charge in [-0.15, -0.1) is 0 Å². The molecular formula is C25H31N5O. The first kappa shape index (κ1) is 20.3. The number of aromatic nitrogens is 4. The van der Waals surface area contributed by atoms with Crippen LogP contribution in [0.2, 0.25) is 0 Å². The minimum atomic E-state index is 0.515. The third-order valence-corrected chi connectivity index (χ3v) is 6.49. The number of rotatable bonds is 7. The van der Waals surface area contributed by atoms with E-state index in [1.54, 1.807) is 0 Å². The van der Waals surface area contributed by atoms with Crippen LogP contribution in [0.15, 0.2) is 48.8 Å². The molecule has 1 aromatic carbocycles. The number of benzene rings is 1. The zero-order valence-corrected chi connectivity index (χ0v) is 18.1. The van der Waals surface area contributed by atoms with Crippen molar-refractivity contribution in [3.05, 3.63) is 65.7 Å². The Hall–Kier alpha value is -2.57. The van der Waals surface area contributed by atoms with Gasteiger partial charge in [0.2, 0.25) is 0 Å². The SMILES string of the molecule is c1cc(CCn2nc(C3CCCC3)nc2-c2ccc(CN3CCOCC3)cc2)ccn1. The Morgan fingerprint density at radius 1 is 0.903 bits per heavy atom. The summed E-state index contributed by atoms with van der Waals surface area (Å²) in [7, 11) is 0. The quantitative estimate of drug-likeness (QED) is 0.580. The van der Waals surface area contributed by atoms with Crippen molar-refractivity contribution in [3.63, 3.8) is 0 Å². The van der Waals surface area contributed by atoms with Gasteiger partial charge in [-0.2, -0.15) is 5.10 Å². The molecule has 0 radical (unpaired) electrons. The zero-order chi connectivity index (χ0) is 20.9. The van der Waals surface area contributed by atoms with Crippen LogP contribution in [0.3, 0.4) is 0 Å². The smallest absolute Gasteiger partial charge is 0.158 e. The third kappa shape index (κ3) is 5.02. The second-order valence-electron chi connectivity index (χ2n) is 8.69. The van der Waals surface area contributed by atoms with Crippen molar-refractivity contribution in [2.45, 2.75) is 51.1 Å². The minimum absolute atomic E-state index is 0.515. The fourth-order valence-corrected chi connectivity index (χ4v) is 4.65. The molecule has 1 saturated heterocycles. The summed E-state index contributed by atoms with van der Waals surface area (Å²) < 4.78 is 7.58. The molecule has 1 aliphatic carbocycles. The Labute approximate surface area is 184 Å². The molecule has 5 rings (SSSR count). The number of hydrogen-bond acceptors (Lipinski definition) is 5. The molecule has 0 spiro atoms. The maximum Gasteiger partial charge on any atom is 0.158 e. The average molecular weight is 418 g/mol. The summed E-state index contributed by atoms with van der Waals surface area (Å²) in [6, 6.07) is 13.1. The van der Waals surface area contributed by atoms with Gasteiger partial charge >= 0.3 is 0 Å². The van der Waals surface area contributed by atoms with E-state index in [0.29, 0.717) is 5.92 Å². The van der Waals surface area contributed by atoms with Crippen molar-refractivity contribution in [1.29, 1.82) is 0 Å². The molecular weight excluding hydrogens is 386 g/mol. The number of aryl methyl sites for hydroxylation is 2. The summed E-state index contributed by atoms with van der Waals surface area (Å²) in [5, 5.41) is 4.97. The van der Waals surface area contributed by atoms with Gasteiger partial charge in [-0.3, -0.25) is 9.88 Å². The summed E-state index contributed by atoms with van der Waals surface area (Å²) in [6.45, 7) is 5.50. The van der Waals surface area contributed by atoms with Crippen LogP contribution in [0.5, 0.6) is 0 Å². The summed E-state index contributed by atoms with van der Waals surface area (Å²) >= 11 is 0. The van der Waals surface area contributed by atoms with Gasteiger partial charge < -0.3 is 4.74 Å². The molecule has 0 atom stereocenters. The molecule has 6 heteroatoms. The molecule has 162 valence electrons. The molecule has 1 saturated carbocycles. The van der Waals surface area contributed by atoms with Crippen molar-refractivity contribution in [2.75, 3.05) is 26.3 Å². The monoisotopic (exact) mass is 417 g/mol. The number of morpholine rings is 1. The highest BCUT2D eigenvalue weighted by atomic mass is 16.5. The normalized spacial score (nSPS) is 17.9. The highest BCUT2D eigenvalue weighted by Crippen LogP contribution is 2.33. The molecule has 0 bridgehead atoms. The minimum Gasteiger partial charge on any atom is -0.379 e. The second kappa shape index (κ2) is 9.71. The van der Waals surface area contributed by atoms with Crippen LogP contribution in [0.25, 0.3) is 11.4 Å². The second-order valence-corrected chi connectivity index (χ2v) is 8.69. The van der Waals surface area contributed by atoms with Crippen molar-refractivity contribution in [2.24, 2.45) is 0 Å². The lowest BCUT2D eigenvalue weighted by molar-refractivity contribution is 0.0342. The highest BCUT2D eigenvalue weighted by molar-refractivity contribution is 5.56. The van der Waals surface area contributed by atoms with Crippen LogP contribution in [0.1, 0.15) is 48.6 Å². The van der Waals surface area contributed by atoms with E-state index in [1.165, 1.54) is 36.8 Å². The van der Waals surface area contributed by atoms with Crippen LogP contribution in [-0.2, 0) is 24.2 Å². The van der Waals surface area contributed by atoms with E-state index in [0.717, 1.165) is 63.0 Å². The summed E-state index contributed by atoms with van der Waals surface area (Å²) in [5.41, 5.74) is 3.77. The predicted molar refractivity (Wildman–Crippen MR) is 121 cm³/mol. The van der Waals surface area contributed by atoms with E-state index in [1.807, 2.05) is 12.4 Å². The fourth-order valence-electron chi connectivity index (χ4n) is 4.65. The molecule has 2 aromatic heterocycles. The molecule has 2 aliphatic rings. The highest BCUT2D eigenvalue weighted by Gasteiger charge is 2.23. The Morgan fingerprint density at radius 3 is 2.39 bits per heavy atom. The molecule has 0 N–H and O–H groups in total. The van der Waals surface area contributed by atoms with E-state index in [2.05, 4.69) is 51.0 Å². The molecule has 3 aromatic rings. The van der Waals surface area contributed by atoms with E-state index >= 15 is 0 Å². The fraction of sp³-hybridized carbons (Fsp3) is 0.480. The van der Waals surface area contributed by atoms with Crippen molar-refractivity contribution < 1.29 is 4.74 Å². The lowest BCUT2D eigenvalue weighted by Crippen LogP contribution is -2.35. The number of hydrogen-bond donors (Lipinski definition) is 0. The lowest BCUT2D eigenvalue weighted by atomic mass is 10.1. The standard InChI is InChI=1S/C25H31N5O/c1-2-4-22(3-1)24-27-25(30(28-24)14-11-20-9-12-26-13-10-20)23-7-5-21(6-8-23)19-29-15-17-31-18-16-29/h5-10,12-13,22H,1-4,11,14-19H2. The molecule has 31 heavy (non-hydrogen) atoms. The predicted octanol–water partition coefficient (Wildman–Crippen LogP) is 4.07. The summed E-state index contributed by atoms with van der Waals surface area (Å²) in [6.07, 6.45) is 9.66. The largest absolute Gasteiger partial charge is 0.379 e. The molecule has 0 unspecified atom stereocenters. The Kier molecular flexibility index (Phi) is 6.37. The van der Waals surface area contributed by atoms with Gasteiger partial charge in [0.15, 0.2) is 11.6 Å². The van der Waals surface area contributed by atoms with Crippen molar-refractivity contribution >= 4 is 0 Å². The molecule has 1 aliphatic heterocycles. The molecule has 3 heterocycles. The van der Waals surface area contributed by atoms with Crippen LogP contribution in [0.4, 0.5) is 0 Å². The van der Waals surface area contributed by atoms with Crippen LogP contribution in [0, 0.1) is 0 Å². The summed E-state index contributed by atoms with van der Waals surface area (Å²) in [5.74, 6) is 2.54. The van der Waals surface area contributed by atoms with Crippen LogP contribution in [-0.4, -0.2) is 51.0 Å². The van der Waals surface area contributed by atoms with E-state index in [4.69, 9.17) is 14.8 Å². The molecule has 2 fully saturated rings. The van der Waals surface area contributed by atoms with Gasteiger partial charge in [0.1, 0.15) is 0 Å². The van der Waals surface area contributed by atoms with Crippen molar-refractivity contribution in [3.8, 4) is 11.4 Å². The van der Waals surface area contributed by atoms with Gasteiger partial charge in [-0.05, 0) is 42.5 Å². The van der Waals surface area contributed by atoms with Gasteiger partial charge in [-0.25, -0.2) is 9.67 Å². The topological polar surface area (TPSA) is 56.1 Å². The molecule has 6 nitrogen and oxygen atoms in total. The Morgan fingerprint density at radius 2 is 1.65 bits per heavy atom. The van der Waals surface area contributed by atoms with Crippen LogP contribution < -0.4 is 0 Å². The van der Waals surface area contributed by atoms with Gasteiger partial charge in [0.05, 0.1) is 13.2 Å².